The van der Waals surface area contributed by atoms with Crippen molar-refractivity contribution in [3.8, 4) is 0 Å². The fraction of sp³-hybridized carbons (Fsp3) is 0.903. The van der Waals surface area contributed by atoms with Crippen LogP contribution in [-0.2, 0) is 28.6 Å². The molecule has 0 aliphatic heterocycles. The van der Waals surface area contributed by atoms with Gasteiger partial charge in [0.15, 0.2) is 6.10 Å². The maximum atomic E-state index is 12.9. The van der Waals surface area contributed by atoms with Crippen LogP contribution in [0.4, 0.5) is 0 Å². The Kier molecular flexibility index (Phi) is 65.6. The van der Waals surface area contributed by atoms with Gasteiger partial charge in [0.2, 0.25) is 0 Å². The molecule has 0 aromatic rings. The second kappa shape index (κ2) is 67.4. The first-order valence-electron chi connectivity index (χ1n) is 35.3. The minimum Gasteiger partial charge on any atom is -0.462 e. The number of unbranched alkanes of at least 4 members (excludes halogenated alkanes) is 51. The molecule has 0 fully saturated rings. The van der Waals surface area contributed by atoms with Crippen molar-refractivity contribution < 1.29 is 28.6 Å². The number of ether oxygens (including phenoxy) is 3. The molecule has 0 N–H and O–H groups in total. The zero-order chi connectivity index (χ0) is 56.4. The van der Waals surface area contributed by atoms with Crippen molar-refractivity contribution in [2.75, 3.05) is 13.2 Å². The van der Waals surface area contributed by atoms with Crippen molar-refractivity contribution >= 4 is 17.9 Å². The average Bonchev–Trinajstić information content (AvgIpc) is 3.44. The lowest BCUT2D eigenvalue weighted by Gasteiger charge is -2.18. The van der Waals surface area contributed by atoms with Crippen LogP contribution in [0.3, 0.4) is 0 Å². The van der Waals surface area contributed by atoms with Crippen molar-refractivity contribution in [3.05, 3.63) is 24.3 Å². The lowest BCUT2D eigenvalue weighted by atomic mass is 10.0. The summed E-state index contributed by atoms with van der Waals surface area (Å²) in [6, 6.07) is 0. The van der Waals surface area contributed by atoms with E-state index in [1.807, 2.05) is 0 Å². The summed E-state index contributed by atoms with van der Waals surface area (Å²) in [6.07, 6.45) is 82.1. The molecule has 0 spiro atoms. The topological polar surface area (TPSA) is 78.9 Å². The molecule has 6 nitrogen and oxygen atoms in total. The van der Waals surface area contributed by atoms with Crippen LogP contribution in [0.2, 0.25) is 0 Å². The van der Waals surface area contributed by atoms with Crippen LogP contribution in [-0.4, -0.2) is 37.2 Å². The molecule has 6 heteroatoms. The second-order valence-electron chi connectivity index (χ2n) is 24.2. The maximum absolute atomic E-state index is 12.9. The van der Waals surface area contributed by atoms with E-state index in [0.717, 1.165) is 70.6 Å². The van der Waals surface area contributed by atoms with E-state index >= 15 is 0 Å². The zero-order valence-corrected chi connectivity index (χ0v) is 53.0. The normalized spacial score (nSPS) is 12.1. The smallest absolute Gasteiger partial charge is 0.306 e. The third-order valence-corrected chi connectivity index (χ3v) is 16.2. The molecule has 0 saturated carbocycles. The average molecular weight is 1100 g/mol. The first kappa shape index (κ1) is 75.9. The van der Waals surface area contributed by atoms with Gasteiger partial charge in [0, 0.05) is 19.3 Å². The van der Waals surface area contributed by atoms with E-state index in [0.29, 0.717) is 19.3 Å². The van der Waals surface area contributed by atoms with Gasteiger partial charge in [-0.1, -0.05) is 353 Å². The molecule has 460 valence electrons. The quantitative estimate of drug-likeness (QED) is 0.0261. The van der Waals surface area contributed by atoms with Gasteiger partial charge in [-0.05, 0) is 51.4 Å². The number of hydrogen-bond acceptors (Lipinski definition) is 6. The zero-order valence-electron chi connectivity index (χ0n) is 53.0. The SMILES string of the molecule is CCCCC/C=C\C/C=C\CCCCCCCCCC(=O)OC(COC(=O)CCCCCCCCCCCCCCCC)COC(=O)CCCCCCCCCCCCCCCCCCCCCCCCCCCCCCC. The molecule has 0 aliphatic carbocycles. The molecule has 78 heavy (non-hydrogen) atoms. The number of carbonyl (C=O) groups excluding carboxylic acids is 3. The summed E-state index contributed by atoms with van der Waals surface area (Å²) in [7, 11) is 0. The molecule has 0 bridgehead atoms. The Bertz CT molecular complexity index is 1260. The molecular formula is C72H136O6. The van der Waals surface area contributed by atoms with Crippen LogP contribution >= 0.6 is 0 Å². The van der Waals surface area contributed by atoms with Crippen LogP contribution in [0.25, 0.3) is 0 Å². The highest BCUT2D eigenvalue weighted by atomic mass is 16.6. The highest BCUT2D eigenvalue weighted by molar-refractivity contribution is 5.71. The molecule has 0 aromatic heterocycles. The maximum Gasteiger partial charge on any atom is 0.306 e. The van der Waals surface area contributed by atoms with Crippen LogP contribution < -0.4 is 0 Å². The molecule has 0 heterocycles. The van der Waals surface area contributed by atoms with Gasteiger partial charge in [-0.3, -0.25) is 14.4 Å². The van der Waals surface area contributed by atoms with Gasteiger partial charge in [-0.25, -0.2) is 0 Å². The Labute approximate surface area is 487 Å². The minimum absolute atomic E-state index is 0.0682. The highest BCUT2D eigenvalue weighted by Gasteiger charge is 2.19. The number of carbonyl (C=O) groups is 3. The molecule has 0 amide bonds. The van der Waals surface area contributed by atoms with E-state index < -0.39 is 6.10 Å². The summed E-state index contributed by atoms with van der Waals surface area (Å²) in [4.78, 5) is 38.4. The molecular weight excluding hydrogens is 961 g/mol. The molecule has 0 aliphatic rings. The largest absolute Gasteiger partial charge is 0.462 e. The minimum atomic E-state index is -0.772. The molecule has 0 radical (unpaired) electrons. The number of rotatable bonds is 66. The van der Waals surface area contributed by atoms with Crippen molar-refractivity contribution in [1.29, 1.82) is 0 Å². The highest BCUT2D eigenvalue weighted by Crippen LogP contribution is 2.19. The number of esters is 3. The van der Waals surface area contributed by atoms with E-state index in [2.05, 4.69) is 45.1 Å². The molecule has 0 rings (SSSR count). The van der Waals surface area contributed by atoms with Crippen LogP contribution in [0.5, 0.6) is 0 Å². The van der Waals surface area contributed by atoms with Crippen molar-refractivity contribution in [2.45, 2.75) is 406 Å². The van der Waals surface area contributed by atoms with Crippen LogP contribution in [0.1, 0.15) is 400 Å². The van der Waals surface area contributed by atoms with E-state index in [9.17, 15) is 14.4 Å². The summed E-state index contributed by atoms with van der Waals surface area (Å²) >= 11 is 0. The molecule has 1 atom stereocenters. The predicted octanol–water partition coefficient (Wildman–Crippen LogP) is 24.2. The second-order valence-corrected chi connectivity index (χ2v) is 24.2. The Morgan fingerprint density at radius 3 is 0.731 bits per heavy atom. The number of hydrogen-bond donors (Lipinski definition) is 0. The fourth-order valence-electron chi connectivity index (χ4n) is 10.9. The van der Waals surface area contributed by atoms with Crippen molar-refractivity contribution in [3.63, 3.8) is 0 Å². The lowest BCUT2D eigenvalue weighted by molar-refractivity contribution is -0.167. The summed E-state index contributed by atoms with van der Waals surface area (Å²) in [6.45, 7) is 6.69. The Morgan fingerprint density at radius 2 is 0.462 bits per heavy atom. The lowest BCUT2D eigenvalue weighted by Crippen LogP contribution is -2.30. The van der Waals surface area contributed by atoms with Gasteiger partial charge in [0.25, 0.3) is 0 Å². The van der Waals surface area contributed by atoms with Crippen LogP contribution in [0.15, 0.2) is 24.3 Å². The van der Waals surface area contributed by atoms with E-state index in [1.165, 1.54) is 289 Å². The van der Waals surface area contributed by atoms with Gasteiger partial charge in [0.05, 0.1) is 0 Å². The third-order valence-electron chi connectivity index (χ3n) is 16.2. The Morgan fingerprint density at radius 1 is 0.256 bits per heavy atom. The Balaban J connectivity index is 4.16. The summed E-state index contributed by atoms with van der Waals surface area (Å²) in [5, 5.41) is 0. The van der Waals surface area contributed by atoms with Gasteiger partial charge in [0.1, 0.15) is 13.2 Å². The van der Waals surface area contributed by atoms with Crippen LogP contribution in [0, 0.1) is 0 Å². The Hall–Kier alpha value is -2.11. The third kappa shape index (κ3) is 64.7. The number of allylic oxidation sites excluding steroid dienone is 4. The fourth-order valence-corrected chi connectivity index (χ4v) is 10.9. The van der Waals surface area contributed by atoms with Crippen molar-refractivity contribution in [2.24, 2.45) is 0 Å². The van der Waals surface area contributed by atoms with Gasteiger partial charge >= 0.3 is 17.9 Å². The molecule has 0 saturated heterocycles. The van der Waals surface area contributed by atoms with Gasteiger partial charge in [-0.15, -0.1) is 0 Å². The predicted molar refractivity (Wildman–Crippen MR) is 340 cm³/mol. The van der Waals surface area contributed by atoms with Gasteiger partial charge in [-0.2, -0.15) is 0 Å². The molecule has 1 unspecified atom stereocenters. The summed E-state index contributed by atoms with van der Waals surface area (Å²) in [5.41, 5.74) is 0. The van der Waals surface area contributed by atoms with Gasteiger partial charge < -0.3 is 14.2 Å². The summed E-state index contributed by atoms with van der Waals surface area (Å²) < 4.78 is 17.0. The first-order chi connectivity index (χ1) is 38.5. The van der Waals surface area contributed by atoms with Crippen molar-refractivity contribution in [1.82, 2.24) is 0 Å². The monoisotopic (exact) mass is 1100 g/mol. The van der Waals surface area contributed by atoms with E-state index in [1.54, 1.807) is 0 Å². The standard InChI is InChI=1S/C72H136O6/c1-4-7-10-13-16-19-22-25-28-30-31-32-33-34-35-36-37-38-39-40-41-43-44-47-50-53-56-59-62-65-71(74)77-68-69(67-76-70(73)64-61-58-55-52-49-46-27-24-21-18-15-12-9-6-3)78-72(75)66-63-60-57-54-51-48-45-42-29-26-23-20-17-14-11-8-5-2/h17,20,26,29,69H,4-16,18-19,21-25,27-28,30-68H2,1-3H3/b20-17-,29-26-. The molecule has 0 aromatic carbocycles. The summed E-state index contributed by atoms with van der Waals surface area (Å²) in [5.74, 6) is -0.845. The van der Waals surface area contributed by atoms with E-state index in [4.69, 9.17) is 14.2 Å². The first-order valence-corrected chi connectivity index (χ1v) is 35.3. The van der Waals surface area contributed by atoms with E-state index in [-0.39, 0.29) is 31.1 Å².